The van der Waals surface area contributed by atoms with Gasteiger partial charge in [-0.1, -0.05) is 31.9 Å². The molecule has 3 nitrogen and oxygen atoms in total. The van der Waals surface area contributed by atoms with Crippen molar-refractivity contribution in [2.45, 2.75) is 44.8 Å². The Morgan fingerprint density at radius 1 is 1.24 bits per heavy atom. The number of rotatable bonds is 2. The minimum absolute atomic E-state index is 0.0341. The fourth-order valence-corrected chi connectivity index (χ4v) is 2.75. The van der Waals surface area contributed by atoms with Crippen LogP contribution in [0.15, 0.2) is 24.3 Å². The molecule has 0 aliphatic heterocycles. The summed E-state index contributed by atoms with van der Waals surface area (Å²) in [5.41, 5.74) is -1.05. The van der Waals surface area contributed by atoms with Gasteiger partial charge in [0.1, 0.15) is 0 Å². The lowest BCUT2D eigenvalue weighted by Crippen LogP contribution is -2.40. The number of nitrogens with one attached hydrogen (secondary N) is 2. The van der Waals surface area contributed by atoms with Crippen LogP contribution in [0.5, 0.6) is 0 Å². The van der Waals surface area contributed by atoms with Crippen molar-refractivity contribution in [1.82, 2.24) is 5.32 Å². The molecule has 1 saturated carbocycles. The molecule has 116 valence electrons. The average Bonchev–Trinajstić information content (AvgIpc) is 2.37. The molecule has 0 saturated heterocycles. The molecular formula is C15H19F3N2O. The van der Waals surface area contributed by atoms with Crippen LogP contribution in [0.3, 0.4) is 0 Å². The summed E-state index contributed by atoms with van der Waals surface area (Å²) in [6.45, 7) is 2.12. The van der Waals surface area contributed by atoms with Crippen LogP contribution in [0.25, 0.3) is 0 Å². The van der Waals surface area contributed by atoms with Gasteiger partial charge in [0.25, 0.3) is 0 Å². The number of carbonyl (C=O) groups excluding carboxylic acids is 1. The molecule has 0 aromatic heterocycles. The number of hydrogen-bond acceptors (Lipinski definition) is 1. The molecule has 1 fully saturated rings. The zero-order valence-corrected chi connectivity index (χ0v) is 11.8. The van der Waals surface area contributed by atoms with Crippen molar-refractivity contribution < 1.29 is 18.0 Å². The average molecular weight is 300 g/mol. The monoisotopic (exact) mass is 300 g/mol. The predicted octanol–water partition coefficient (Wildman–Crippen LogP) is 4.41. The van der Waals surface area contributed by atoms with E-state index < -0.39 is 17.8 Å². The molecule has 6 heteroatoms. The fourth-order valence-electron chi connectivity index (χ4n) is 2.75. The second-order valence-electron chi connectivity index (χ2n) is 5.61. The van der Waals surface area contributed by atoms with E-state index in [-0.39, 0.29) is 11.7 Å². The summed E-state index contributed by atoms with van der Waals surface area (Å²) in [7, 11) is 0. The van der Waals surface area contributed by atoms with Crippen LogP contribution in [0.2, 0.25) is 0 Å². The van der Waals surface area contributed by atoms with Crippen LogP contribution < -0.4 is 10.6 Å². The first kappa shape index (κ1) is 15.7. The number of halogens is 3. The molecule has 2 atom stereocenters. The van der Waals surface area contributed by atoms with Crippen molar-refractivity contribution in [3.63, 3.8) is 0 Å². The Bertz CT molecular complexity index is 502. The van der Waals surface area contributed by atoms with Crippen LogP contribution in [-0.4, -0.2) is 12.1 Å². The lowest BCUT2D eigenvalue weighted by molar-refractivity contribution is -0.136. The van der Waals surface area contributed by atoms with E-state index in [0.717, 1.165) is 31.7 Å². The maximum atomic E-state index is 12.8. The van der Waals surface area contributed by atoms with Crippen LogP contribution in [0.1, 0.15) is 38.2 Å². The molecule has 1 aliphatic carbocycles. The van der Waals surface area contributed by atoms with Gasteiger partial charge in [-0.25, -0.2) is 4.79 Å². The zero-order chi connectivity index (χ0) is 15.5. The van der Waals surface area contributed by atoms with Gasteiger partial charge >= 0.3 is 12.2 Å². The number of carbonyl (C=O) groups is 1. The molecule has 1 aliphatic rings. The van der Waals surface area contributed by atoms with Gasteiger partial charge in [0.15, 0.2) is 0 Å². The fraction of sp³-hybridized carbons (Fsp3) is 0.533. The van der Waals surface area contributed by atoms with Crippen molar-refractivity contribution in [2.24, 2.45) is 5.92 Å². The van der Waals surface area contributed by atoms with Crippen molar-refractivity contribution >= 4 is 11.7 Å². The second kappa shape index (κ2) is 6.37. The van der Waals surface area contributed by atoms with Crippen LogP contribution >= 0.6 is 0 Å². The lowest BCUT2D eigenvalue weighted by atomic mass is 9.87. The summed E-state index contributed by atoms with van der Waals surface area (Å²) < 4.78 is 38.5. The molecule has 21 heavy (non-hydrogen) atoms. The Balaban J connectivity index is 2.00. The van der Waals surface area contributed by atoms with E-state index in [2.05, 4.69) is 17.6 Å². The highest BCUT2D eigenvalue weighted by Gasteiger charge is 2.33. The number of para-hydroxylation sites is 1. The van der Waals surface area contributed by atoms with Gasteiger partial charge in [0, 0.05) is 6.04 Å². The van der Waals surface area contributed by atoms with Crippen molar-refractivity contribution in [1.29, 1.82) is 0 Å². The van der Waals surface area contributed by atoms with Gasteiger partial charge in [-0.2, -0.15) is 13.2 Å². The predicted molar refractivity (Wildman–Crippen MR) is 75.0 cm³/mol. The van der Waals surface area contributed by atoms with Crippen molar-refractivity contribution in [3.8, 4) is 0 Å². The minimum atomic E-state index is -4.48. The summed E-state index contributed by atoms with van der Waals surface area (Å²) in [5, 5.41) is 5.07. The molecule has 2 N–H and O–H groups in total. The minimum Gasteiger partial charge on any atom is -0.335 e. The highest BCUT2D eigenvalue weighted by Crippen LogP contribution is 2.34. The SMILES string of the molecule is C[C@@H]1CCC[C@H](NC(=O)Nc2ccccc2C(F)(F)F)C1. The van der Waals surface area contributed by atoms with Crippen LogP contribution in [0.4, 0.5) is 23.7 Å². The van der Waals surface area contributed by atoms with E-state index in [1.54, 1.807) is 0 Å². The lowest BCUT2D eigenvalue weighted by Gasteiger charge is -2.27. The van der Waals surface area contributed by atoms with E-state index in [0.29, 0.717) is 5.92 Å². The highest BCUT2D eigenvalue weighted by molar-refractivity contribution is 5.90. The van der Waals surface area contributed by atoms with E-state index in [1.165, 1.54) is 18.2 Å². The summed E-state index contributed by atoms with van der Waals surface area (Å²) >= 11 is 0. The molecule has 2 amide bonds. The largest absolute Gasteiger partial charge is 0.418 e. The molecular weight excluding hydrogens is 281 g/mol. The van der Waals surface area contributed by atoms with Gasteiger partial charge in [0.05, 0.1) is 11.3 Å². The zero-order valence-electron chi connectivity index (χ0n) is 11.8. The number of benzene rings is 1. The summed E-state index contributed by atoms with van der Waals surface area (Å²) in [6.07, 6.45) is -0.571. The number of hydrogen-bond donors (Lipinski definition) is 2. The Hall–Kier alpha value is -1.72. The molecule has 1 aromatic rings. The van der Waals surface area contributed by atoms with Gasteiger partial charge in [-0.3, -0.25) is 0 Å². The van der Waals surface area contributed by atoms with Crippen molar-refractivity contribution in [2.75, 3.05) is 5.32 Å². The molecule has 1 aromatic carbocycles. The second-order valence-corrected chi connectivity index (χ2v) is 5.61. The summed E-state index contributed by atoms with van der Waals surface area (Å²) in [6, 6.07) is 4.43. The Morgan fingerprint density at radius 3 is 2.62 bits per heavy atom. The number of anilines is 1. The third-order valence-corrected chi connectivity index (χ3v) is 3.75. The summed E-state index contributed by atoms with van der Waals surface area (Å²) in [5.74, 6) is 0.534. The third-order valence-electron chi connectivity index (χ3n) is 3.75. The maximum absolute atomic E-state index is 12.8. The molecule has 0 bridgehead atoms. The highest BCUT2D eigenvalue weighted by atomic mass is 19.4. The van der Waals surface area contributed by atoms with Gasteiger partial charge < -0.3 is 10.6 Å². The van der Waals surface area contributed by atoms with Gasteiger partial charge in [0.2, 0.25) is 0 Å². The third kappa shape index (κ3) is 4.37. The maximum Gasteiger partial charge on any atom is 0.418 e. The molecule has 0 heterocycles. The van der Waals surface area contributed by atoms with Crippen molar-refractivity contribution in [3.05, 3.63) is 29.8 Å². The van der Waals surface area contributed by atoms with Gasteiger partial charge in [-0.15, -0.1) is 0 Å². The Kier molecular flexibility index (Phi) is 4.75. The Labute approximate surface area is 121 Å². The summed E-state index contributed by atoms with van der Waals surface area (Å²) in [4.78, 5) is 11.9. The number of urea groups is 1. The number of amides is 2. The molecule has 0 unspecified atom stereocenters. The Morgan fingerprint density at radius 2 is 1.95 bits per heavy atom. The standard InChI is InChI=1S/C15H19F3N2O/c1-10-5-4-6-11(9-10)19-14(21)20-13-8-3-2-7-12(13)15(16,17)18/h2-3,7-8,10-11H,4-6,9H2,1H3,(H2,19,20,21)/t10-,11+/m1/s1. The first-order chi connectivity index (χ1) is 9.86. The molecule has 0 radical (unpaired) electrons. The molecule has 0 spiro atoms. The van der Waals surface area contributed by atoms with E-state index in [4.69, 9.17) is 0 Å². The van der Waals surface area contributed by atoms with Gasteiger partial charge in [-0.05, 0) is 30.9 Å². The van der Waals surface area contributed by atoms with E-state index in [1.807, 2.05) is 0 Å². The smallest absolute Gasteiger partial charge is 0.335 e. The topological polar surface area (TPSA) is 41.1 Å². The van der Waals surface area contributed by atoms with E-state index in [9.17, 15) is 18.0 Å². The number of alkyl halides is 3. The first-order valence-corrected chi connectivity index (χ1v) is 7.10. The quantitative estimate of drug-likeness (QED) is 0.834. The van der Waals surface area contributed by atoms with E-state index >= 15 is 0 Å². The van der Waals surface area contributed by atoms with Crippen LogP contribution in [-0.2, 0) is 6.18 Å². The van der Waals surface area contributed by atoms with Crippen LogP contribution in [0, 0.1) is 5.92 Å². The molecule has 2 rings (SSSR count). The normalized spacial score (nSPS) is 22.7. The first-order valence-electron chi connectivity index (χ1n) is 7.10.